The van der Waals surface area contributed by atoms with E-state index in [-0.39, 0.29) is 13.3 Å². The standard InChI is InChI=1S/C17H28N2O6S/c1-6-14-11-9-10-13(4)15(14)18-16(20)17(5,21)26(22,23)19(7-2)25-12-24-8-3/h9-11,21H,6-8,12H2,1-5H3,(H,18,20). The SMILES string of the molecule is CCOCON(CC)S(=O)(=O)C(C)(O)C(=O)Nc1c(C)cccc1CC. The Morgan fingerprint density at radius 1 is 1.31 bits per heavy atom. The number of hydroxylamine groups is 1. The fraction of sp³-hybridized carbons (Fsp3) is 0.588. The Labute approximate surface area is 155 Å². The minimum Gasteiger partial charge on any atom is -0.366 e. The second-order valence-electron chi connectivity index (χ2n) is 5.76. The van der Waals surface area contributed by atoms with Gasteiger partial charge in [0.1, 0.15) is 0 Å². The van der Waals surface area contributed by atoms with Gasteiger partial charge in [-0.15, -0.1) is 0 Å². The number of ether oxygens (including phenoxy) is 1. The number of sulfonamides is 1. The third-order valence-electron chi connectivity index (χ3n) is 3.91. The zero-order valence-corrected chi connectivity index (χ0v) is 16.7. The van der Waals surface area contributed by atoms with E-state index in [0.29, 0.717) is 23.2 Å². The van der Waals surface area contributed by atoms with Crippen LogP contribution in [0.3, 0.4) is 0 Å². The largest absolute Gasteiger partial charge is 0.366 e. The monoisotopic (exact) mass is 388 g/mol. The Hall–Kier alpha value is -1.52. The van der Waals surface area contributed by atoms with Crippen LogP contribution in [-0.2, 0) is 30.8 Å². The molecular formula is C17H28N2O6S. The van der Waals surface area contributed by atoms with E-state index in [1.54, 1.807) is 19.9 Å². The molecule has 0 bridgehead atoms. The van der Waals surface area contributed by atoms with Crippen LogP contribution >= 0.6 is 0 Å². The van der Waals surface area contributed by atoms with Crippen molar-refractivity contribution >= 4 is 21.6 Å². The molecule has 0 heterocycles. The summed E-state index contributed by atoms with van der Waals surface area (Å²) in [5.41, 5.74) is 2.10. The molecule has 0 aliphatic carbocycles. The van der Waals surface area contributed by atoms with E-state index in [4.69, 9.17) is 9.57 Å². The maximum Gasteiger partial charge on any atom is 0.275 e. The van der Waals surface area contributed by atoms with E-state index in [1.807, 2.05) is 19.1 Å². The van der Waals surface area contributed by atoms with Crippen molar-refractivity contribution in [2.75, 3.05) is 25.3 Å². The highest BCUT2D eigenvalue weighted by atomic mass is 32.2. The van der Waals surface area contributed by atoms with Gasteiger partial charge in [0.05, 0.1) is 0 Å². The van der Waals surface area contributed by atoms with Gasteiger partial charge in [0.25, 0.3) is 20.9 Å². The summed E-state index contributed by atoms with van der Waals surface area (Å²) in [6.45, 7) is 7.82. The summed E-state index contributed by atoms with van der Waals surface area (Å²) in [5.74, 6) is -1.06. The molecule has 148 valence electrons. The third kappa shape index (κ3) is 4.80. The summed E-state index contributed by atoms with van der Waals surface area (Å²) in [6.07, 6.45) is 0.644. The number of anilines is 1. The third-order valence-corrected chi connectivity index (χ3v) is 6.00. The van der Waals surface area contributed by atoms with Crippen molar-refractivity contribution in [1.29, 1.82) is 0 Å². The van der Waals surface area contributed by atoms with Gasteiger partial charge in [0.2, 0.25) is 0 Å². The summed E-state index contributed by atoms with van der Waals surface area (Å²) in [5, 5.41) is 13.1. The van der Waals surface area contributed by atoms with E-state index in [0.717, 1.165) is 18.1 Å². The Kier molecular flexibility index (Phi) is 8.16. The molecule has 26 heavy (non-hydrogen) atoms. The lowest BCUT2D eigenvalue weighted by molar-refractivity contribution is -0.173. The first-order valence-electron chi connectivity index (χ1n) is 8.48. The molecule has 9 heteroatoms. The zero-order valence-electron chi connectivity index (χ0n) is 15.9. The molecule has 0 fully saturated rings. The smallest absolute Gasteiger partial charge is 0.275 e. The summed E-state index contributed by atoms with van der Waals surface area (Å²) in [7, 11) is -4.51. The number of aliphatic hydroxyl groups is 1. The van der Waals surface area contributed by atoms with Gasteiger partial charge in [-0.25, -0.2) is 8.42 Å². The van der Waals surface area contributed by atoms with Gasteiger partial charge in [-0.05, 0) is 45.2 Å². The fourth-order valence-corrected chi connectivity index (χ4v) is 3.46. The molecule has 0 aliphatic rings. The number of nitrogens with zero attached hydrogens (tertiary/aromatic N) is 1. The molecular weight excluding hydrogens is 360 g/mol. The number of amides is 1. The number of aryl methyl sites for hydroxylation is 2. The first-order chi connectivity index (χ1) is 12.1. The lowest BCUT2D eigenvalue weighted by atomic mass is 10.1. The highest BCUT2D eigenvalue weighted by Gasteiger charge is 2.49. The molecule has 0 aromatic heterocycles. The van der Waals surface area contributed by atoms with Crippen LogP contribution in [0.4, 0.5) is 5.69 Å². The Bertz CT molecular complexity index is 718. The van der Waals surface area contributed by atoms with Gasteiger partial charge in [0.15, 0.2) is 6.79 Å². The van der Waals surface area contributed by atoms with Crippen molar-refractivity contribution in [2.45, 2.75) is 46.0 Å². The molecule has 1 amide bonds. The van der Waals surface area contributed by atoms with Crippen LogP contribution in [0.25, 0.3) is 0 Å². The predicted molar refractivity (Wildman–Crippen MR) is 98.7 cm³/mol. The van der Waals surface area contributed by atoms with Crippen molar-refractivity contribution in [3.63, 3.8) is 0 Å². The normalized spacial score (nSPS) is 14.3. The number of benzene rings is 1. The summed E-state index contributed by atoms with van der Waals surface area (Å²) < 4.78 is 30.9. The number of carbonyl (C=O) groups excluding carboxylic acids is 1. The van der Waals surface area contributed by atoms with E-state index in [9.17, 15) is 18.3 Å². The Morgan fingerprint density at radius 3 is 2.50 bits per heavy atom. The van der Waals surface area contributed by atoms with E-state index in [1.165, 1.54) is 6.92 Å². The van der Waals surface area contributed by atoms with E-state index < -0.39 is 20.9 Å². The van der Waals surface area contributed by atoms with Crippen LogP contribution in [0.5, 0.6) is 0 Å². The van der Waals surface area contributed by atoms with Gasteiger partial charge < -0.3 is 15.2 Å². The molecule has 1 rings (SSSR count). The summed E-state index contributed by atoms with van der Waals surface area (Å²) >= 11 is 0. The quantitative estimate of drug-likeness (QED) is 0.360. The molecule has 1 unspecified atom stereocenters. The van der Waals surface area contributed by atoms with Gasteiger partial charge in [-0.1, -0.05) is 29.6 Å². The molecule has 2 N–H and O–H groups in total. The van der Waals surface area contributed by atoms with Crippen molar-refractivity contribution in [3.05, 3.63) is 29.3 Å². The lowest BCUT2D eigenvalue weighted by Crippen LogP contribution is -2.54. The topological polar surface area (TPSA) is 105 Å². The van der Waals surface area contributed by atoms with Crippen molar-refractivity contribution in [2.24, 2.45) is 0 Å². The Balaban J connectivity index is 3.09. The predicted octanol–water partition coefficient (Wildman–Crippen LogP) is 1.78. The summed E-state index contributed by atoms with van der Waals surface area (Å²) in [4.78, 5) is 14.9. The van der Waals surface area contributed by atoms with Crippen LogP contribution < -0.4 is 5.32 Å². The lowest BCUT2D eigenvalue weighted by Gasteiger charge is -2.29. The highest BCUT2D eigenvalue weighted by Crippen LogP contribution is 2.25. The maximum absolute atomic E-state index is 12.7. The van der Waals surface area contributed by atoms with Crippen LogP contribution in [0.2, 0.25) is 0 Å². The molecule has 0 aliphatic heterocycles. The number of carbonyl (C=O) groups is 1. The van der Waals surface area contributed by atoms with Gasteiger partial charge >= 0.3 is 0 Å². The maximum atomic E-state index is 12.7. The molecule has 0 saturated carbocycles. The van der Waals surface area contributed by atoms with Crippen LogP contribution in [-0.4, -0.2) is 48.8 Å². The first-order valence-corrected chi connectivity index (χ1v) is 9.92. The molecule has 0 radical (unpaired) electrons. The van der Waals surface area contributed by atoms with E-state index in [2.05, 4.69) is 5.32 Å². The van der Waals surface area contributed by atoms with Gasteiger partial charge in [-0.2, -0.15) is 0 Å². The highest BCUT2D eigenvalue weighted by molar-refractivity contribution is 7.91. The number of nitrogens with one attached hydrogen (secondary N) is 1. The minimum absolute atomic E-state index is 0.0938. The average Bonchev–Trinajstić information content (AvgIpc) is 2.59. The first kappa shape index (κ1) is 22.5. The van der Waals surface area contributed by atoms with Gasteiger partial charge in [0, 0.05) is 18.8 Å². The fourth-order valence-electron chi connectivity index (χ4n) is 2.26. The summed E-state index contributed by atoms with van der Waals surface area (Å²) in [6, 6.07) is 5.47. The second kappa shape index (κ2) is 9.43. The number of rotatable bonds is 10. The van der Waals surface area contributed by atoms with Crippen molar-refractivity contribution in [3.8, 4) is 0 Å². The second-order valence-corrected chi connectivity index (χ2v) is 7.92. The molecule has 1 aromatic rings. The number of hydrogen-bond donors (Lipinski definition) is 2. The van der Waals surface area contributed by atoms with E-state index >= 15 is 0 Å². The zero-order chi connectivity index (χ0) is 20.0. The number of para-hydroxylation sites is 1. The van der Waals surface area contributed by atoms with Crippen molar-refractivity contribution in [1.82, 2.24) is 4.47 Å². The van der Waals surface area contributed by atoms with Crippen LogP contribution in [0.1, 0.15) is 38.8 Å². The van der Waals surface area contributed by atoms with Crippen LogP contribution in [0, 0.1) is 6.92 Å². The Morgan fingerprint density at radius 2 is 1.96 bits per heavy atom. The van der Waals surface area contributed by atoms with Crippen LogP contribution in [0.15, 0.2) is 18.2 Å². The molecule has 0 spiro atoms. The minimum atomic E-state index is -4.51. The van der Waals surface area contributed by atoms with Crippen molar-refractivity contribution < 1.29 is 27.9 Å². The molecule has 1 aromatic carbocycles. The average molecular weight is 388 g/mol. The molecule has 8 nitrogen and oxygen atoms in total. The molecule has 0 saturated heterocycles. The molecule has 1 atom stereocenters. The number of hydrogen-bond acceptors (Lipinski definition) is 6. The van der Waals surface area contributed by atoms with Gasteiger partial charge in [-0.3, -0.25) is 9.63 Å².